The first-order valence-electron chi connectivity index (χ1n) is 5.41. The number of hydrogen-bond donors (Lipinski definition) is 2. The first kappa shape index (κ1) is 14.7. The largest absolute Gasteiger partial charge is 0.455 e. The van der Waals surface area contributed by atoms with Gasteiger partial charge in [0.2, 0.25) is 0 Å². The smallest absolute Gasteiger partial charge is 0.447 e. The average Bonchev–Trinajstić information content (AvgIpc) is 2.52. The number of hydrogen-bond acceptors (Lipinski definition) is 10. The summed E-state index contributed by atoms with van der Waals surface area (Å²) in [6.07, 6.45) is 2.52. The highest BCUT2D eigenvalue weighted by atomic mass is 16.9. The minimum absolute atomic E-state index is 0.592. The molecule has 0 fully saturated rings. The SMILES string of the molecule is O=C1C=CC(=O)OC(O)(C2(O)COC(=O)/C=C\C(=O)O2)O1. The highest BCUT2D eigenvalue weighted by Gasteiger charge is 2.62. The molecule has 0 spiro atoms. The highest BCUT2D eigenvalue weighted by molar-refractivity contribution is 5.94. The van der Waals surface area contributed by atoms with Crippen molar-refractivity contribution in [3.05, 3.63) is 24.3 Å². The minimum Gasteiger partial charge on any atom is -0.455 e. The molecule has 0 amide bonds. The van der Waals surface area contributed by atoms with Crippen molar-refractivity contribution in [3.63, 3.8) is 0 Å². The third kappa shape index (κ3) is 2.90. The van der Waals surface area contributed by atoms with E-state index in [-0.39, 0.29) is 0 Å². The Kier molecular flexibility index (Phi) is 3.49. The van der Waals surface area contributed by atoms with E-state index in [4.69, 9.17) is 0 Å². The topological polar surface area (TPSA) is 146 Å². The molecule has 2 aliphatic heterocycles. The second-order valence-corrected chi connectivity index (χ2v) is 3.90. The molecule has 10 nitrogen and oxygen atoms in total. The van der Waals surface area contributed by atoms with Gasteiger partial charge < -0.3 is 29.2 Å². The predicted molar refractivity (Wildman–Crippen MR) is 57.4 cm³/mol. The van der Waals surface area contributed by atoms with Gasteiger partial charge in [0.25, 0.3) is 0 Å². The van der Waals surface area contributed by atoms with Crippen LogP contribution < -0.4 is 0 Å². The lowest BCUT2D eigenvalue weighted by molar-refractivity contribution is -0.444. The van der Waals surface area contributed by atoms with E-state index in [2.05, 4.69) is 18.9 Å². The fourth-order valence-corrected chi connectivity index (χ4v) is 1.40. The van der Waals surface area contributed by atoms with Gasteiger partial charge in [-0.1, -0.05) is 0 Å². The van der Waals surface area contributed by atoms with Gasteiger partial charge in [-0.15, -0.1) is 0 Å². The van der Waals surface area contributed by atoms with Gasteiger partial charge in [-0.05, 0) is 0 Å². The van der Waals surface area contributed by atoms with Crippen molar-refractivity contribution in [1.82, 2.24) is 0 Å². The van der Waals surface area contributed by atoms with Crippen LogP contribution in [0.3, 0.4) is 0 Å². The van der Waals surface area contributed by atoms with Crippen molar-refractivity contribution in [2.45, 2.75) is 11.8 Å². The summed E-state index contributed by atoms with van der Waals surface area (Å²) in [6.45, 7) is -1.15. The molecule has 0 aliphatic carbocycles. The van der Waals surface area contributed by atoms with Crippen molar-refractivity contribution in [2.24, 2.45) is 0 Å². The number of carbonyl (C=O) groups is 4. The number of rotatable bonds is 1. The van der Waals surface area contributed by atoms with E-state index in [9.17, 15) is 29.4 Å². The van der Waals surface area contributed by atoms with Crippen LogP contribution in [0.15, 0.2) is 24.3 Å². The van der Waals surface area contributed by atoms with Crippen LogP contribution in [0.25, 0.3) is 0 Å². The van der Waals surface area contributed by atoms with Gasteiger partial charge in [0.05, 0.1) is 0 Å². The zero-order valence-electron chi connectivity index (χ0n) is 10.2. The zero-order chi connectivity index (χ0) is 15.7. The molecule has 2 aliphatic rings. The summed E-state index contributed by atoms with van der Waals surface area (Å²) in [7, 11) is 0. The molecule has 0 aromatic rings. The molecule has 2 heterocycles. The van der Waals surface area contributed by atoms with Crippen LogP contribution in [-0.4, -0.2) is 52.5 Å². The molecule has 10 heteroatoms. The van der Waals surface area contributed by atoms with E-state index in [0.29, 0.717) is 24.3 Å². The second kappa shape index (κ2) is 5.00. The van der Waals surface area contributed by atoms with Crippen LogP contribution in [0, 0.1) is 0 Å². The average molecular weight is 300 g/mol. The molecule has 1 unspecified atom stereocenters. The third-order valence-electron chi connectivity index (χ3n) is 2.36. The quantitative estimate of drug-likeness (QED) is 0.398. The summed E-state index contributed by atoms with van der Waals surface area (Å²) in [6, 6.07) is 0. The molecule has 0 bridgehead atoms. The van der Waals surface area contributed by atoms with Crippen molar-refractivity contribution < 1.29 is 48.3 Å². The maximum atomic E-state index is 11.3. The molecule has 0 radical (unpaired) electrons. The molecule has 0 saturated carbocycles. The fraction of sp³-hybridized carbons (Fsp3) is 0.273. The van der Waals surface area contributed by atoms with E-state index >= 15 is 0 Å². The Morgan fingerprint density at radius 2 is 1.19 bits per heavy atom. The Morgan fingerprint density at radius 1 is 0.762 bits per heavy atom. The maximum Gasteiger partial charge on any atom is 0.447 e. The molecule has 2 rings (SSSR count). The standard InChI is InChI=1S/C11H8O10/c12-6-1-2-7(13)19-10(16,5-18-6)11(17)20-8(14)3-4-9(15)21-11/h1-4,16-17H,5H2/b2-1-. The van der Waals surface area contributed by atoms with E-state index in [1.165, 1.54) is 0 Å². The van der Waals surface area contributed by atoms with Crippen LogP contribution >= 0.6 is 0 Å². The van der Waals surface area contributed by atoms with Crippen LogP contribution in [-0.2, 0) is 38.1 Å². The van der Waals surface area contributed by atoms with Crippen LogP contribution in [0.2, 0.25) is 0 Å². The first-order valence-corrected chi connectivity index (χ1v) is 5.41. The van der Waals surface area contributed by atoms with Crippen LogP contribution in [0.1, 0.15) is 0 Å². The highest BCUT2D eigenvalue weighted by Crippen LogP contribution is 2.30. The monoisotopic (exact) mass is 300 g/mol. The number of ether oxygens (including phenoxy) is 4. The van der Waals surface area contributed by atoms with Crippen molar-refractivity contribution in [3.8, 4) is 0 Å². The van der Waals surface area contributed by atoms with Crippen molar-refractivity contribution in [2.75, 3.05) is 6.61 Å². The molecule has 0 saturated heterocycles. The number of carbonyl (C=O) groups excluding carboxylic acids is 4. The van der Waals surface area contributed by atoms with Gasteiger partial charge in [0.15, 0.2) is 6.61 Å². The first-order chi connectivity index (χ1) is 9.74. The summed E-state index contributed by atoms with van der Waals surface area (Å²) in [5, 5.41) is 20.2. The lowest BCUT2D eigenvalue weighted by Gasteiger charge is -2.37. The summed E-state index contributed by atoms with van der Waals surface area (Å²) in [5.41, 5.74) is 0. The van der Waals surface area contributed by atoms with Crippen molar-refractivity contribution in [1.29, 1.82) is 0 Å². The van der Waals surface area contributed by atoms with Crippen molar-refractivity contribution >= 4 is 23.9 Å². The lowest BCUT2D eigenvalue weighted by atomic mass is 10.2. The number of cyclic esters (lactones) is 4. The lowest BCUT2D eigenvalue weighted by Crippen LogP contribution is -2.63. The Hall–Kier alpha value is -2.72. The molecular weight excluding hydrogens is 292 g/mol. The zero-order valence-corrected chi connectivity index (χ0v) is 10.2. The van der Waals surface area contributed by atoms with E-state index in [0.717, 1.165) is 0 Å². The van der Waals surface area contributed by atoms with Gasteiger partial charge >= 0.3 is 35.6 Å². The maximum absolute atomic E-state index is 11.3. The van der Waals surface area contributed by atoms with E-state index in [1.807, 2.05) is 0 Å². The minimum atomic E-state index is -3.40. The molecule has 112 valence electrons. The van der Waals surface area contributed by atoms with Crippen LogP contribution in [0.4, 0.5) is 0 Å². The van der Waals surface area contributed by atoms with Crippen LogP contribution in [0.5, 0.6) is 0 Å². The van der Waals surface area contributed by atoms with E-state index < -0.39 is 42.2 Å². The summed E-state index contributed by atoms with van der Waals surface area (Å²) < 4.78 is 17.6. The number of aliphatic hydroxyl groups is 2. The Labute approximate surface area is 116 Å². The Bertz CT molecular complexity index is 554. The van der Waals surface area contributed by atoms with Gasteiger partial charge in [0.1, 0.15) is 0 Å². The predicted octanol–water partition coefficient (Wildman–Crippen LogP) is -2.37. The molecular formula is C11H8O10. The van der Waals surface area contributed by atoms with Gasteiger partial charge in [-0.3, -0.25) is 0 Å². The molecule has 2 N–H and O–H groups in total. The normalized spacial score (nSPS) is 30.0. The third-order valence-corrected chi connectivity index (χ3v) is 2.36. The second-order valence-electron chi connectivity index (χ2n) is 3.90. The molecule has 21 heavy (non-hydrogen) atoms. The Morgan fingerprint density at radius 3 is 1.71 bits per heavy atom. The van der Waals surface area contributed by atoms with E-state index in [1.54, 1.807) is 0 Å². The number of esters is 4. The molecule has 0 aromatic carbocycles. The summed E-state index contributed by atoms with van der Waals surface area (Å²) in [4.78, 5) is 45.0. The molecule has 0 aromatic heterocycles. The van der Waals surface area contributed by atoms with Gasteiger partial charge in [0, 0.05) is 24.3 Å². The summed E-state index contributed by atoms with van der Waals surface area (Å²) >= 11 is 0. The Balaban J connectivity index is 2.37. The summed E-state index contributed by atoms with van der Waals surface area (Å²) in [5.74, 6) is -11.4. The molecule has 1 atom stereocenters. The van der Waals surface area contributed by atoms with Gasteiger partial charge in [-0.25, -0.2) is 19.2 Å². The fourth-order valence-electron chi connectivity index (χ4n) is 1.40. The van der Waals surface area contributed by atoms with Gasteiger partial charge in [-0.2, -0.15) is 0 Å².